The zero-order chi connectivity index (χ0) is 21.6. The normalized spacial score (nSPS) is 13.5. The van der Waals surface area contributed by atoms with Crippen LogP contribution in [-0.4, -0.2) is 33.5 Å². The van der Waals surface area contributed by atoms with E-state index in [9.17, 15) is 15.0 Å². The molecule has 0 aliphatic rings. The smallest absolute Gasteiger partial charge is 0.303 e. The Morgan fingerprint density at radius 3 is 1.28 bits per heavy atom. The number of aliphatic hydroxyl groups is 2. The van der Waals surface area contributed by atoms with Crippen molar-refractivity contribution in [2.24, 2.45) is 0 Å². The van der Waals surface area contributed by atoms with E-state index in [-0.39, 0.29) is 12.2 Å². The number of carboxylic acid groups (broad SMARTS) is 1. The summed E-state index contributed by atoms with van der Waals surface area (Å²) < 4.78 is 0. The van der Waals surface area contributed by atoms with Gasteiger partial charge < -0.3 is 15.3 Å². The Bertz CT molecular complexity index is 346. The Kier molecular flexibility index (Phi) is 21.6. The largest absolute Gasteiger partial charge is 0.481 e. The first-order valence-electron chi connectivity index (χ1n) is 12.6. The molecule has 0 aliphatic heterocycles. The van der Waals surface area contributed by atoms with Gasteiger partial charge in [-0.1, -0.05) is 103 Å². The zero-order valence-corrected chi connectivity index (χ0v) is 19.3. The quantitative estimate of drug-likeness (QED) is 0.157. The second kappa shape index (κ2) is 22.1. The zero-order valence-electron chi connectivity index (χ0n) is 19.3. The average molecular weight is 415 g/mol. The Balaban J connectivity index is 3.24. The number of aliphatic hydroxyl groups excluding tert-OH is 2. The van der Waals surface area contributed by atoms with Gasteiger partial charge in [0.25, 0.3) is 0 Å². The molecule has 0 radical (unpaired) electrons. The highest BCUT2D eigenvalue weighted by Crippen LogP contribution is 2.16. The van der Waals surface area contributed by atoms with Gasteiger partial charge >= 0.3 is 5.97 Å². The Morgan fingerprint density at radius 1 is 0.552 bits per heavy atom. The molecule has 4 heteroatoms. The maximum absolute atomic E-state index is 10.4. The Morgan fingerprint density at radius 2 is 0.897 bits per heavy atom. The number of carbonyl (C=O) groups is 1. The van der Waals surface area contributed by atoms with Crippen molar-refractivity contribution in [3.05, 3.63) is 0 Å². The molecule has 0 saturated carbocycles. The van der Waals surface area contributed by atoms with E-state index in [1.807, 2.05) is 0 Å². The maximum atomic E-state index is 10.4. The SMILES string of the molecule is CCCCCCC(O)CCC(O)CCCCCCCCCCCCCCC(=O)O. The first-order chi connectivity index (χ1) is 14.1. The van der Waals surface area contributed by atoms with Crippen molar-refractivity contribution in [2.45, 2.75) is 154 Å². The van der Waals surface area contributed by atoms with Crippen LogP contribution in [0, 0.1) is 0 Å². The lowest BCUT2D eigenvalue weighted by Crippen LogP contribution is -2.13. The Labute approximate surface area is 180 Å². The molecule has 2 atom stereocenters. The van der Waals surface area contributed by atoms with Gasteiger partial charge in [0.15, 0.2) is 0 Å². The van der Waals surface area contributed by atoms with E-state index in [1.165, 1.54) is 77.0 Å². The van der Waals surface area contributed by atoms with Gasteiger partial charge in [-0.2, -0.15) is 0 Å². The summed E-state index contributed by atoms with van der Waals surface area (Å²) in [7, 11) is 0. The van der Waals surface area contributed by atoms with Gasteiger partial charge in [0.1, 0.15) is 0 Å². The molecule has 0 spiro atoms. The number of carboxylic acids is 1. The summed E-state index contributed by atoms with van der Waals surface area (Å²) in [6.07, 6.45) is 22.3. The predicted octanol–water partition coefficient (Wildman–Crippen LogP) is 7.00. The van der Waals surface area contributed by atoms with Gasteiger partial charge in [-0.25, -0.2) is 0 Å². The topological polar surface area (TPSA) is 77.8 Å². The Hall–Kier alpha value is -0.610. The van der Waals surface area contributed by atoms with E-state index >= 15 is 0 Å². The number of hydrogen-bond donors (Lipinski definition) is 3. The lowest BCUT2D eigenvalue weighted by molar-refractivity contribution is -0.137. The summed E-state index contributed by atoms with van der Waals surface area (Å²) in [6.45, 7) is 2.20. The highest BCUT2D eigenvalue weighted by atomic mass is 16.4. The molecular weight excluding hydrogens is 364 g/mol. The number of hydrogen-bond acceptors (Lipinski definition) is 3. The molecule has 3 N–H and O–H groups in total. The maximum Gasteiger partial charge on any atom is 0.303 e. The molecule has 0 aromatic heterocycles. The average Bonchev–Trinajstić information content (AvgIpc) is 2.69. The number of aliphatic carboxylic acids is 1. The van der Waals surface area contributed by atoms with Crippen LogP contribution in [0.25, 0.3) is 0 Å². The standard InChI is InChI=1S/C25H50O4/c1-2-3-4-15-18-23(26)21-22-24(27)19-16-13-11-9-7-5-6-8-10-12-14-17-20-25(28)29/h23-24,26-27H,2-22H2,1H3,(H,28,29). The molecule has 29 heavy (non-hydrogen) atoms. The fourth-order valence-electron chi connectivity index (χ4n) is 3.90. The van der Waals surface area contributed by atoms with Gasteiger partial charge in [0, 0.05) is 6.42 Å². The summed E-state index contributed by atoms with van der Waals surface area (Å²) in [5.41, 5.74) is 0. The van der Waals surface area contributed by atoms with Crippen molar-refractivity contribution in [3.8, 4) is 0 Å². The molecule has 2 unspecified atom stereocenters. The van der Waals surface area contributed by atoms with Gasteiger partial charge in [-0.05, 0) is 32.1 Å². The molecule has 0 rings (SSSR count). The minimum atomic E-state index is -0.675. The molecule has 174 valence electrons. The number of unbranched alkanes of at least 4 members (excludes halogenated alkanes) is 14. The third-order valence-electron chi connectivity index (χ3n) is 5.90. The van der Waals surface area contributed by atoms with Crippen LogP contribution >= 0.6 is 0 Å². The second-order valence-corrected chi connectivity index (χ2v) is 8.91. The molecule has 0 fully saturated rings. The molecule has 0 saturated heterocycles. The van der Waals surface area contributed by atoms with Gasteiger partial charge in [-0.15, -0.1) is 0 Å². The van der Waals surface area contributed by atoms with Crippen molar-refractivity contribution in [3.63, 3.8) is 0 Å². The van der Waals surface area contributed by atoms with E-state index in [0.717, 1.165) is 51.4 Å². The first-order valence-corrected chi connectivity index (χ1v) is 12.6. The van der Waals surface area contributed by atoms with Crippen molar-refractivity contribution in [2.75, 3.05) is 0 Å². The monoisotopic (exact) mass is 414 g/mol. The van der Waals surface area contributed by atoms with E-state index in [0.29, 0.717) is 6.42 Å². The molecule has 0 aromatic rings. The fraction of sp³-hybridized carbons (Fsp3) is 0.960. The van der Waals surface area contributed by atoms with Crippen LogP contribution in [0.2, 0.25) is 0 Å². The van der Waals surface area contributed by atoms with Crippen molar-refractivity contribution in [1.29, 1.82) is 0 Å². The molecule has 0 aliphatic carbocycles. The molecule has 0 heterocycles. The summed E-state index contributed by atoms with van der Waals surface area (Å²) >= 11 is 0. The third kappa shape index (κ3) is 23.5. The van der Waals surface area contributed by atoms with Crippen LogP contribution in [0.5, 0.6) is 0 Å². The lowest BCUT2D eigenvalue weighted by Gasteiger charge is -2.14. The van der Waals surface area contributed by atoms with Gasteiger partial charge in [0.2, 0.25) is 0 Å². The summed E-state index contributed by atoms with van der Waals surface area (Å²) in [6, 6.07) is 0. The van der Waals surface area contributed by atoms with Crippen LogP contribution in [0.4, 0.5) is 0 Å². The molecule has 0 aromatic carbocycles. The van der Waals surface area contributed by atoms with Crippen molar-refractivity contribution < 1.29 is 20.1 Å². The highest BCUT2D eigenvalue weighted by molar-refractivity contribution is 5.66. The van der Waals surface area contributed by atoms with Gasteiger partial charge in [0.05, 0.1) is 12.2 Å². The van der Waals surface area contributed by atoms with Crippen LogP contribution in [-0.2, 0) is 4.79 Å². The minimum absolute atomic E-state index is 0.230. The summed E-state index contributed by atoms with van der Waals surface area (Å²) in [5.74, 6) is -0.675. The third-order valence-corrected chi connectivity index (χ3v) is 5.90. The van der Waals surface area contributed by atoms with Crippen molar-refractivity contribution >= 4 is 5.97 Å². The minimum Gasteiger partial charge on any atom is -0.481 e. The predicted molar refractivity (Wildman–Crippen MR) is 122 cm³/mol. The van der Waals surface area contributed by atoms with Crippen LogP contribution < -0.4 is 0 Å². The van der Waals surface area contributed by atoms with E-state index in [1.54, 1.807) is 0 Å². The second-order valence-electron chi connectivity index (χ2n) is 8.91. The number of rotatable bonds is 23. The lowest BCUT2D eigenvalue weighted by atomic mass is 10.00. The molecule has 0 bridgehead atoms. The van der Waals surface area contributed by atoms with E-state index in [2.05, 4.69) is 6.92 Å². The van der Waals surface area contributed by atoms with E-state index < -0.39 is 5.97 Å². The van der Waals surface area contributed by atoms with E-state index in [4.69, 9.17) is 5.11 Å². The summed E-state index contributed by atoms with van der Waals surface area (Å²) in [4.78, 5) is 10.4. The highest BCUT2D eigenvalue weighted by Gasteiger charge is 2.09. The molecular formula is C25H50O4. The molecule has 0 amide bonds. The van der Waals surface area contributed by atoms with Crippen LogP contribution in [0.15, 0.2) is 0 Å². The van der Waals surface area contributed by atoms with Crippen LogP contribution in [0.1, 0.15) is 142 Å². The van der Waals surface area contributed by atoms with Crippen molar-refractivity contribution in [1.82, 2.24) is 0 Å². The molecule has 4 nitrogen and oxygen atoms in total. The van der Waals surface area contributed by atoms with Crippen LogP contribution in [0.3, 0.4) is 0 Å². The van der Waals surface area contributed by atoms with Gasteiger partial charge in [-0.3, -0.25) is 4.79 Å². The fourth-order valence-corrected chi connectivity index (χ4v) is 3.90. The first kappa shape index (κ1) is 28.4. The summed E-state index contributed by atoms with van der Waals surface area (Å²) in [5, 5.41) is 28.6.